The lowest BCUT2D eigenvalue weighted by Gasteiger charge is -2.07. The fourth-order valence-electron chi connectivity index (χ4n) is 2.67. The molecular weight excluding hydrogens is 348 g/mol. The number of rotatable bonds is 7. The van der Waals surface area contributed by atoms with Crippen LogP contribution < -0.4 is 5.32 Å². The predicted molar refractivity (Wildman–Crippen MR) is 99.6 cm³/mol. The van der Waals surface area contributed by atoms with Gasteiger partial charge in [0.05, 0.1) is 12.7 Å². The maximum atomic E-state index is 12.3. The van der Waals surface area contributed by atoms with Crippen molar-refractivity contribution in [3.8, 4) is 0 Å². The second kappa shape index (κ2) is 9.02. The van der Waals surface area contributed by atoms with Gasteiger partial charge in [-0.2, -0.15) is 0 Å². The average molecular weight is 372 g/mol. The van der Waals surface area contributed by atoms with E-state index in [-0.39, 0.29) is 5.69 Å². The third kappa shape index (κ3) is 4.97. The molecule has 0 atom stereocenters. The number of nitrogens with one attached hydrogen (secondary N) is 2. The molecule has 2 rings (SSSR count). The highest BCUT2D eigenvalue weighted by Crippen LogP contribution is 2.20. The van der Waals surface area contributed by atoms with Gasteiger partial charge in [0.15, 0.2) is 6.61 Å². The fourth-order valence-corrected chi connectivity index (χ4v) is 2.67. The molecule has 144 valence electrons. The molecule has 2 N–H and O–H groups in total. The standard InChI is InChI=1S/C20H24N2O5/c1-5-15-17(19(24)26-4)13(3)18(22-15)20(25)27-11-16(23)21-10-14-8-6-12(2)7-9-14/h6-9,22H,5,10-11H2,1-4H3,(H,21,23). The minimum Gasteiger partial charge on any atom is -0.465 e. The van der Waals surface area contributed by atoms with Crippen LogP contribution in [0.4, 0.5) is 0 Å². The zero-order chi connectivity index (χ0) is 20.0. The molecule has 27 heavy (non-hydrogen) atoms. The van der Waals surface area contributed by atoms with Gasteiger partial charge in [-0.1, -0.05) is 36.8 Å². The number of carbonyl (C=O) groups excluding carboxylic acids is 3. The number of aryl methyl sites for hydroxylation is 2. The van der Waals surface area contributed by atoms with Gasteiger partial charge >= 0.3 is 11.9 Å². The van der Waals surface area contributed by atoms with Crippen molar-refractivity contribution in [3.05, 3.63) is 57.9 Å². The van der Waals surface area contributed by atoms with E-state index in [0.29, 0.717) is 29.8 Å². The third-order valence-corrected chi connectivity index (χ3v) is 4.22. The highest BCUT2D eigenvalue weighted by atomic mass is 16.5. The summed E-state index contributed by atoms with van der Waals surface area (Å²) in [5, 5.41) is 2.69. The number of methoxy groups -OCH3 is 1. The molecular formula is C20H24N2O5. The number of ether oxygens (including phenoxy) is 2. The van der Waals surface area contributed by atoms with E-state index in [2.05, 4.69) is 10.3 Å². The van der Waals surface area contributed by atoms with Crippen molar-refractivity contribution < 1.29 is 23.9 Å². The Balaban J connectivity index is 1.95. The first kappa shape index (κ1) is 20.2. The van der Waals surface area contributed by atoms with Gasteiger partial charge in [0.2, 0.25) is 0 Å². The smallest absolute Gasteiger partial charge is 0.355 e. The zero-order valence-electron chi connectivity index (χ0n) is 16.0. The molecule has 0 saturated heterocycles. The summed E-state index contributed by atoms with van der Waals surface area (Å²) < 4.78 is 9.83. The fraction of sp³-hybridized carbons (Fsp3) is 0.350. The van der Waals surface area contributed by atoms with Crippen LogP contribution in [0.15, 0.2) is 24.3 Å². The SMILES string of the molecule is CCc1[nH]c(C(=O)OCC(=O)NCc2ccc(C)cc2)c(C)c1C(=O)OC. The number of amides is 1. The van der Waals surface area contributed by atoms with E-state index < -0.39 is 24.5 Å². The lowest BCUT2D eigenvalue weighted by molar-refractivity contribution is -0.124. The van der Waals surface area contributed by atoms with E-state index in [4.69, 9.17) is 9.47 Å². The average Bonchev–Trinajstić information content (AvgIpc) is 3.01. The molecule has 1 heterocycles. The minimum atomic E-state index is -0.692. The first-order valence-corrected chi connectivity index (χ1v) is 8.66. The van der Waals surface area contributed by atoms with Crippen LogP contribution in [0.5, 0.6) is 0 Å². The maximum Gasteiger partial charge on any atom is 0.355 e. The first-order chi connectivity index (χ1) is 12.9. The van der Waals surface area contributed by atoms with Crippen LogP contribution in [0.1, 0.15) is 50.2 Å². The van der Waals surface area contributed by atoms with Gasteiger partial charge in [0.25, 0.3) is 5.91 Å². The number of carbonyl (C=O) groups is 3. The lowest BCUT2D eigenvalue weighted by Crippen LogP contribution is -2.28. The lowest BCUT2D eigenvalue weighted by atomic mass is 10.1. The van der Waals surface area contributed by atoms with Crippen LogP contribution in [0.25, 0.3) is 0 Å². The summed E-state index contributed by atoms with van der Waals surface area (Å²) in [7, 11) is 1.28. The summed E-state index contributed by atoms with van der Waals surface area (Å²) in [6, 6.07) is 7.76. The molecule has 2 aromatic rings. The molecule has 1 aromatic heterocycles. The van der Waals surface area contributed by atoms with E-state index in [9.17, 15) is 14.4 Å². The Morgan fingerprint density at radius 1 is 1.07 bits per heavy atom. The molecule has 0 aliphatic rings. The molecule has 0 bridgehead atoms. The second-order valence-corrected chi connectivity index (χ2v) is 6.16. The topological polar surface area (TPSA) is 97.5 Å². The summed E-state index contributed by atoms with van der Waals surface area (Å²) >= 11 is 0. The number of benzene rings is 1. The summed E-state index contributed by atoms with van der Waals surface area (Å²) in [4.78, 5) is 39.0. The quantitative estimate of drug-likeness (QED) is 0.728. The number of aromatic amines is 1. The largest absolute Gasteiger partial charge is 0.465 e. The Bertz CT molecular complexity index is 837. The summed E-state index contributed by atoms with van der Waals surface area (Å²) in [6.07, 6.45) is 0.523. The molecule has 0 spiro atoms. The van der Waals surface area contributed by atoms with E-state index in [1.807, 2.05) is 38.1 Å². The Hall–Kier alpha value is -3.09. The molecule has 0 fully saturated rings. The molecule has 0 radical (unpaired) electrons. The Labute approximate surface area is 158 Å². The Morgan fingerprint density at radius 3 is 2.33 bits per heavy atom. The Kier molecular flexibility index (Phi) is 6.76. The number of hydrogen-bond donors (Lipinski definition) is 2. The van der Waals surface area contributed by atoms with Crippen molar-refractivity contribution in [2.75, 3.05) is 13.7 Å². The molecule has 7 nitrogen and oxygen atoms in total. The van der Waals surface area contributed by atoms with Crippen LogP contribution in [-0.4, -0.2) is 36.5 Å². The monoisotopic (exact) mass is 372 g/mol. The van der Waals surface area contributed by atoms with Crippen LogP contribution >= 0.6 is 0 Å². The molecule has 1 amide bonds. The predicted octanol–water partition coefficient (Wildman–Crippen LogP) is 2.45. The summed E-state index contributed by atoms with van der Waals surface area (Å²) in [5.74, 6) is -1.62. The van der Waals surface area contributed by atoms with Gasteiger partial charge in [-0.05, 0) is 31.4 Å². The Morgan fingerprint density at radius 2 is 1.74 bits per heavy atom. The number of esters is 2. The normalized spacial score (nSPS) is 10.4. The first-order valence-electron chi connectivity index (χ1n) is 8.66. The summed E-state index contributed by atoms with van der Waals surface area (Å²) in [6.45, 7) is 5.42. The molecule has 7 heteroatoms. The van der Waals surface area contributed by atoms with Crippen molar-refractivity contribution in [1.82, 2.24) is 10.3 Å². The van der Waals surface area contributed by atoms with Gasteiger partial charge in [-0.3, -0.25) is 4.79 Å². The van der Waals surface area contributed by atoms with Crippen molar-refractivity contribution in [2.45, 2.75) is 33.7 Å². The summed E-state index contributed by atoms with van der Waals surface area (Å²) in [5.41, 5.74) is 3.61. The molecule has 1 aromatic carbocycles. The van der Waals surface area contributed by atoms with Gasteiger partial charge in [0.1, 0.15) is 5.69 Å². The molecule has 0 unspecified atom stereocenters. The maximum absolute atomic E-state index is 12.3. The van der Waals surface area contributed by atoms with Gasteiger partial charge in [0, 0.05) is 12.2 Å². The number of aromatic nitrogens is 1. The van der Waals surface area contributed by atoms with Crippen LogP contribution in [0, 0.1) is 13.8 Å². The van der Waals surface area contributed by atoms with E-state index in [0.717, 1.165) is 11.1 Å². The number of H-pyrrole nitrogens is 1. The van der Waals surface area contributed by atoms with Crippen molar-refractivity contribution in [2.24, 2.45) is 0 Å². The van der Waals surface area contributed by atoms with Crippen LogP contribution in [0.2, 0.25) is 0 Å². The van der Waals surface area contributed by atoms with Crippen LogP contribution in [-0.2, 0) is 27.2 Å². The van der Waals surface area contributed by atoms with E-state index >= 15 is 0 Å². The minimum absolute atomic E-state index is 0.151. The zero-order valence-corrected chi connectivity index (χ0v) is 16.0. The molecule has 0 aliphatic carbocycles. The van der Waals surface area contributed by atoms with Crippen molar-refractivity contribution in [3.63, 3.8) is 0 Å². The van der Waals surface area contributed by atoms with Crippen molar-refractivity contribution in [1.29, 1.82) is 0 Å². The highest BCUT2D eigenvalue weighted by molar-refractivity contribution is 5.99. The highest BCUT2D eigenvalue weighted by Gasteiger charge is 2.24. The van der Waals surface area contributed by atoms with E-state index in [1.165, 1.54) is 7.11 Å². The van der Waals surface area contributed by atoms with Gasteiger partial charge < -0.3 is 19.8 Å². The van der Waals surface area contributed by atoms with Gasteiger partial charge in [-0.15, -0.1) is 0 Å². The third-order valence-electron chi connectivity index (χ3n) is 4.22. The second-order valence-electron chi connectivity index (χ2n) is 6.16. The molecule has 0 saturated carbocycles. The molecule has 0 aliphatic heterocycles. The van der Waals surface area contributed by atoms with Crippen molar-refractivity contribution >= 4 is 17.8 Å². The number of hydrogen-bond acceptors (Lipinski definition) is 5. The van der Waals surface area contributed by atoms with E-state index in [1.54, 1.807) is 6.92 Å². The van der Waals surface area contributed by atoms with Gasteiger partial charge in [-0.25, -0.2) is 9.59 Å². The van der Waals surface area contributed by atoms with Crippen LogP contribution in [0.3, 0.4) is 0 Å².